The summed E-state index contributed by atoms with van der Waals surface area (Å²) in [5.41, 5.74) is 7.27. The number of ether oxygens (including phenoxy) is 3. The van der Waals surface area contributed by atoms with Crippen LogP contribution < -0.4 is 16.0 Å². The highest BCUT2D eigenvalue weighted by atomic mass is 19.1. The second kappa shape index (κ2) is 13.0. The first kappa shape index (κ1) is 30.2. The average molecular weight is 593 g/mol. The summed E-state index contributed by atoms with van der Waals surface area (Å²) < 4.78 is 46.3. The molecule has 1 aromatic carbocycles. The Balaban J connectivity index is 1.25. The first-order valence-electron chi connectivity index (χ1n) is 13.9. The maximum atomic E-state index is 14.9. The van der Waals surface area contributed by atoms with Crippen LogP contribution in [-0.4, -0.2) is 72.8 Å². The van der Waals surface area contributed by atoms with Gasteiger partial charge < -0.3 is 40.6 Å². The molecule has 0 spiro atoms. The van der Waals surface area contributed by atoms with Crippen LogP contribution in [0.2, 0.25) is 0 Å². The molecule has 5 N–H and O–H groups in total. The number of aromatic nitrogens is 3. The van der Waals surface area contributed by atoms with Gasteiger partial charge in [-0.25, -0.2) is 13.8 Å². The van der Waals surface area contributed by atoms with Crippen molar-refractivity contribution in [1.29, 1.82) is 10.7 Å². The molecule has 3 aromatic rings. The van der Waals surface area contributed by atoms with Gasteiger partial charge in [-0.3, -0.25) is 4.98 Å². The minimum absolute atomic E-state index is 0.137. The normalized spacial score (nSPS) is 21.4. The Morgan fingerprint density at radius 3 is 2.74 bits per heavy atom. The molecule has 0 radical (unpaired) electrons. The fourth-order valence-electron chi connectivity index (χ4n) is 5.44. The molecular formula is C30H34F2N8O3. The molecule has 3 atom stereocenters. The number of imidazole rings is 1. The largest absolute Gasteiger partial charge is 0.375 e. The van der Waals surface area contributed by atoms with Gasteiger partial charge in [0.1, 0.15) is 17.2 Å². The summed E-state index contributed by atoms with van der Waals surface area (Å²) in [6.07, 6.45) is 7.94. The molecule has 2 fully saturated rings. The molecule has 226 valence electrons. The molecule has 0 amide bonds. The molecule has 2 aliphatic rings. The molecule has 5 rings (SSSR count). The van der Waals surface area contributed by atoms with Crippen molar-refractivity contribution in [2.24, 2.45) is 11.7 Å². The zero-order valence-corrected chi connectivity index (χ0v) is 23.9. The number of anilines is 3. The van der Waals surface area contributed by atoms with Crippen molar-refractivity contribution in [1.82, 2.24) is 15.0 Å². The Morgan fingerprint density at radius 1 is 1.33 bits per heavy atom. The lowest BCUT2D eigenvalue weighted by Gasteiger charge is -2.42. The number of H-pyrrole nitrogens is 1. The lowest BCUT2D eigenvalue weighted by Crippen LogP contribution is -2.56. The van der Waals surface area contributed by atoms with Crippen LogP contribution in [0.5, 0.6) is 0 Å². The highest BCUT2D eigenvalue weighted by Gasteiger charge is 2.41. The van der Waals surface area contributed by atoms with E-state index in [0.29, 0.717) is 49.0 Å². The minimum Gasteiger partial charge on any atom is -0.375 e. The topological polar surface area (TPSA) is 158 Å². The Bertz CT molecular complexity index is 1490. The molecule has 4 heterocycles. The van der Waals surface area contributed by atoms with E-state index in [0.717, 1.165) is 5.69 Å². The van der Waals surface area contributed by atoms with Crippen LogP contribution in [0.15, 0.2) is 42.9 Å². The zero-order chi connectivity index (χ0) is 30.6. The van der Waals surface area contributed by atoms with Crippen LogP contribution >= 0.6 is 0 Å². The zero-order valence-electron chi connectivity index (χ0n) is 23.9. The number of aromatic amines is 1. The Morgan fingerprint density at radius 2 is 2.09 bits per heavy atom. The number of methoxy groups -OCH3 is 1. The second-order valence-electron chi connectivity index (χ2n) is 10.7. The third-order valence-corrected chi connectivity index (χ3v) is 7.76. The van der Waals surface area contributed by atoms with Gasteiger partial charge in [-0.15, -0.1) is 0 Å². The maximum Gasteiger partial charge on any atom is 0.205 e. The lowest BCUT2D eigenvalue weighted by atomic mass is 9.90. The van der Waals surface area contributed by atoms with Crippen molar-refractivity contribution < 1.29 is 23.0 Å². The fourth-order valence-corrected chi connectivity index (χ4v) is 5.44. The number of nitrogens with one attached hydrogen (secondary N) is 3. The molecular weight excluding hydrogens is 558 g/mol. The van der Waals surface area contributed by atoms with Crippen molar-refractivity contribution in [2.45, 2.75) is 31.1 Å². The van der Waals surface area contributed by atoms with Crippen LogP contribution in [0.1, 0.15) is 30.2 Å². The number of hydrogen-bond donors (Lipinski definition) is 4. The van der Waals surface area contributed by atoms with E-state index in [1.54, 1.807) is 18.6 Å². The number of allylic oxidation sites excluding steroid dienone is 1. The summed E-state index contributed by atoms with van der Waals surface area (Å²) in [7, 11) is 1.47. The molecule has 11 nitrogen and oxygen atoms in total. The van der Waals surface area contributed by atoms with Crippen molar-refractivity contribution in [3.8, 4) is 6.07 Å². The van der Waals surface area contributed by atoms with Gasteiger partial charge in [0, 0.05) is 38.4 Å². The highest BCUT2D eigenvalue weighted by molar-refractivity contribution is 6.09. The molecule has 2 aromatic heterocycles. The minimum atomic E-state index is -0.876. The fraction of sp³-hybridized carbons (Fsp3) is 0.400. The number of halogens is 2. The third kappa shape index (κ3) is 6.42. The molecule has 2 saturated heterocycles. The van der Waals surface area contributed by atoms with Crippen molar-refractivity contribution in [2.75, 3.05) is 50.2 Å². The van der Waals surface area contributed by atoms with E-state index < -0.39 is 22.8 Å². The van der Waals surface area contributed by atoms with E-state index >= 15 is 0 Å². The quantitative estimate of drug-likeness (QED) is 0.192. The van der Waals surface area contributed by atoms with Crippen LogP contribution in [0.4, 0.5) is 26.1 Å². The van der Waals surface area contributed by atoms with E-state index in [4.69, 9.17) is 30.6 Å². The number of pyridine rings is 1. The van der Waals surface area contributed by atoms with Gasteiger partial charge in [-0.2, -0.15) is 5.26 Å². The number of rotatable bonds is 11. The van der Waals surface area contributed by atoms with E-state index in [9.17, 15) is 8.78 Å². The molecule has 3 unspecified atom stereocenters. The monoisotopic (exact) mass is 592 g/mol. The number of benzene rings is 1. The Kier molecular flexibility index (Phi) is 9.12. The summed E-state index contributed by atoms with van der Waals surface area (Å²) in [5, 5.41) is 20.3. The van der Waals surface area contributed by atoms with Gasteiger partial charge >= 0.3 is 0 Å². The second-order valence-corrected chi connectivity index (χ2v) is 10.7. The molecule has 2 aliphatic heterocycles. The average Bonchev–Trinajstić information content (AvgIpc) is 3.40. The van der Waals surface area contributed by atoms with Gasteiger partial charge in [0.25, 0.3) is 0 Å². The van der Waals surface area contributed by atoms with Gasteiger partial charge in [0.05, 0.1) is 79.2 Å². The van der Waals surface area contributed by atoms with E-state index in [1.807, 2.05) is 6.07 Å². The predicted molar refractivity (Wildman–Crippen MR) is 157 cm³/mol. The van der Waals surface area contributed by atoms with Gasteiger partial charge in [0.2, 0.25) is 5.95 Å². The number of piperidine rings is 1. The SMILES string of the molecule is COC1(c2cc(F)c(C(=N)/C=C\c3cnc(Nc4cnccc4N4CC(C)C(OCCC#N)C(N)C4)[nH]3)c(F)c2)COC1. The smallest absolute Gasteiger partial charge is 0.205 e. The standard InChI is InChI=1S/C30H34F2N8O3/c1-18-14-40(15-24(35)28(18)43-9-3-7-33)26-6-8-36-13-25(26)39-29-37-12-20(38-29)4-5-23(34)27-21(31)10-19(11-22(27)32)30(41-2)16-42-17-30/h4-6,8,10-13,18,24,28,34H,3,9,14-17,35H2,1-2H3,(H2,37,38,39)/b5-4-,34-23?. The first-order chi connectivity index (χ1) is 20.7. The van der Waals surface area contributed by atoms with Crippen LogP contribution in [0.25, 0.3) is 6.08 Å². The van der Waals surface area contributed by atoms with Crippen LogP contribution in [-0.2, 0) is 19.8 Å². The summed E-state index contributed by atoms with van der Waals surface area (Å²) in [6, 6.07) is 6.12. The van der Waals surface area contributed by atoms with Gasteiger partial charge in [-0.1, -0.05) is 6.92 Å². The van der Waals surface area contributed by atoms with E-state index in [1.165, 1.54) is 31.4 Å². The van der Waals surface area contributed by atoms with Crippen molar-refractivity contribution in [3.63, 3.8) is 0 Å². The van der Waals surface area contributed by atoms with Gasteiger partial charge in [0.15, 0.2) is 0 Å². The molecule has 43 heavy (non-hydrogen) atoms. The maximum absolute atomic E-state index is 14.9. The van der Waals surface area contributed by atoms with Crippen molar-refractivity contribution >= 4 is 29.1 Å². The summed E-state index contributed by atoms with van der Waals surface area (Å²) in [6.45, 7) is 4.11. The predicted octanol–water partition coefficient (Wildman–Crippen LogP) is 3.86. The number of nitriles is 1. The summed E-state index contributed by atoms with van der Waals surface area (Å²) in [5.74, 6) is -1.15. The summed E-state index contributed by atoms with van der Waals surface area (Å²) in [4.78, 5) is 13.9. The number of nitrogens with two attached hydrogens (primary N) is 1. The Labute approximate surface area is 248 Å². The number of nitrogens with zero attached hydrogens (tertiary/aromatic N) is 4. The highest BCUT2D eigenvalue weighted by Crippen LogP contribution is 2.35. The molecule has 13 heteroatoms. The van der Waals surface area contributed by atoms with Crippen LogP contribution in [0.3, 0.4) is 0 Å². The van der Waals surface area contributed by atoms with Gasteiger partial charge in [-0.05, 0) is 35.9 Å². The number of hydrogen-bond acceptors (Lipinski definition) is 10. The molecule has 0 aliphatic carbocycles. The Hall–Kier alpha value is -4.22. The third-order valence-electron chi connectivity index (χ3n) is 7.76. The molecule has 0 bridgehead atoms. The lowest BCUT2D eigenvalue weighted by molar-refractivity contribution is -0.202. The van der Waals surface area contributed by atoms with E-state index in [-0.39, 0.29) is 37.0 Å². The first-order valence-corrected chi connectivity index (χ1v) is 13.9. The molecule has 0 saturated carbocycles. The van der Waals surface area contributed by atoms with Crippen LogP contribution in [0, 0.1) is 34.3 Å². The van der Waals surface area contributed by atoms with E-state index in [2.05, 4.69) is 38.2 Å². The van der Waals surface area contributed by atoms with Crippen molar-refractivity contribution in [3.05, 3.63) is 71.3 Å². The summed E-state index contributed by atoms with van der Waals surface area (Å²) >= 11 is 0.